The molecular formula is C11H16ClNO3S. The van der Waals surface area contributed by atoms with Gasteiger partial charge >= 0.3 is 0 Å². The van der Waals surface area contributed by atoms with Crippen LogP contribution in [0.5, 0.6) is 0 Å². The predicted octanol–water partition coefficient (Wildman–Crippen LogP) is 1.78. The molecule has 17 heavy (non-hydrogen) atoms. The highest BCUT2D eigenvalue weighted by Gasteiger charge is 2.12. The zero-order chi connectivity index (χ0) is 12.7. The molecule has 1 aromatic rings. The van der Waals surface area contributed by atoms with E-state index < -0.39 is 10.0 Å². The summed E-state index contributed by atoms with van der Waals surface area (Å²) >= 11 is 5.68. The maximum absolute atomic E-state index is 11.8. The molecule has 0 amide bonds. The third kappa shape index (κ3) is 5.04. The lowest BCUT2D eigenvalue weighted by atomic mass is 10.2. The van der Waals surface area contributed by atoms with Crippen molar-refractivity contribution in [2.75, 3.05) is 13.2 Å². The summed E-state index contributed by atoms with van der Waals surface area (Å²) in [6.45, 7) is 0.523. The number of sulfonamides is 1. The van der Waals surface area contributed by atoms with E-state index in [1.807, 2.05) is 0 Å². The Balaban J connectivity index is 2.48. The molecule has 0 heterocycles. The average Bonchev–Trinajstić information content (AvgIpc) is 2.29. The van der Waals surface area contributed by atoms with E-state index >= 15 is 0 Å². The molecule has 0 aliphatic heterocycles. The number of hydrogen-bond donors (Lipinski definition) is 2. The van der Waals surface area contributed by atoms with Crippen LogP contribution >= 0.6 is 11.6 Å². The van der Waals surface area contributed by atoms with Gasteiger partial charge in [0.2, 0.25) is 10.0 Å². The van der Waals surface area contributed by atoms with E-state index in [-0.39, 0.29) is 11.5 Å². The fourth-order valence-electron chi connectivity index (χ4n) is 1.32. The van der Waals surface area contributed by atoms with Crippen LogP contribution in [0.25, 0.3) is 0 Å². The molecule has 0 aliphatic rings. The van der Waals surface area contributed by atoms with Gasteiger partial charge in [0.05, 0.1) is 4.90 Å². The summed E-state index contributed by atoms with van der Waals surface area (Å²) in [6, 6.07) is 6.03. The molecule has 96 valence electrons. The molecule has 0 atom stereocenters. The second-order valence-electron chi connectivity index (χ2n) is 3.64. The maximum atomic E-state index is 11.8. The summed E-state index contributed by atoms with van der Waals surface area (Å²) in [4.78, 5) is 0.212. The van der Waals surface area contributed by atoms with E-state index in [9.17, 15) is 8.42 Å². The molecule has 0 spiro atoms. The van der Waals surface area contributed by atoms with Crippen LogP contribution in [0.4, 0.5) is 0 Å². The molecule has 0 fully saturated rings. The van der Waals surface area contributed by atoms with Gasteiger partial charge in [-0.3, -0.25) is 0 Å². The van der Waals surface area contributed by atoms with E-state index in [1.54, 1.807) is 12.1 Å². The van der Waals surface area contributed by atoms with Gasteiger partial charge in [0, 0.05) is 18.2 Å². The minimum atomic E-state index is -3.44. The molecule has 0 aliphatic carbocycles. The molecular weight excluding hydrogens is 262 g/mol. The van der Waals surface area contributed by atoms with Crippen LogP contribution in [-0.2, 0) is 10.0 Å². The van der Waals surface area contributed by atoms with Crippen molar-refractivity contribution >= 4 is 21.6 Å². The van der Waals surface area contributed by atoms with Gasteiger partial charge < -0.3 is 5.11 Å². The molecule has 0 radical (unpaired) electrons. The lowest BCUT2D eigenvalue weighted by Crippen LogP contribution is -2.24. The Morgan fingerprint density at radius 2 is 1.76 bits per heavy atom. The highest BCUT2D eigenvalue weighted by molar-refractivity contribution is 7.89. The number of benzene rings is 1. The number of hydrogen-bond acceptors (Lipinski definition) is 3. The van der Waals surface area contributed by atoms with Gasteiger partial charge in [-0.25, -0.2) is 13.1 Å². The Labute approximate surface area is 107 Å². The van der Waals surface area contributed by atoms with Crippen molar-refractivity contribution in [3.05, 3.63) is 29.3 Å². The van der Waals surface area contributed by atoms with Crippen molar-refractivity contribution in [3.63, 3.8) is 0 Å². The van der Waals surface area contributed by atoms with Crippen LogP contribution in [0, 0.1) is 0 Å². The molecule has 6 heteroatoms. The lowest BCUT2D eigenvalue weighted by Gasteiger charge is -2.06. The summed E-state index contributed by atoms with van der Waals surface area (Å²) in [5.41, 5.74) is 0. The van der Waals surface area contributed by atoms with Crippen molar-refractivity contribution in [2.45, 2.75) is 24.2 Å². The highest BCUT2D eigenvalue weighted by Crippen LogP contribution is 2.13. The third-order valence-corrected chi connectivity index (χ3v) is 3.98. The summed E-state index contributed by atoms with van der Waals surface area (Å²) in [7, 11) is -3.44. The first-order valence-corrected chi connectivity index (χ1v) is 7.28. The summed E-state index contributed by atoms with van der Waals surface area (Å²) < 4.78 is 26.0. The van der Waals surface area contributed by atoms with Gasteiger partial charge in [-0.05, 0) is 43.5 Å². The molecule has 0 saturated carbocycles. The normalized spacial score (nSPS) is 11.6. The SMILES string of the molecule is O=S(=O)(NCCCCCO)c1ccc(Cl)cc1. The number of halogens is 1. The Morgan fingerprint density at radius 3 is 2.35 bits per heavy atom. The quantitative estimate of drug-likeness (QED) is 0.747. The Bertz CT molecular complexity index is 431. The standard InChI is InChI=1S/C11H16ClNO3S/c12-10-4-6-11(7-5-10)17(15,16)13-8-2-1-3-9-14/h4-7,13-14H,1-3,8-9H2. The highest BCUT2D eigenvalue weighted by atomic mass is 35.5. The van der Waals surface area contributed by atoms with Gasteiger partial charge in [-0.2, -0.15) is 0 Å². The second-order valence-corrected chi connectivity index (χ2v) is 5.84. The molecule has 4 nitrogen and oxygen atoms in total. The largest absolute Gasteiger partial charge is 0.396 e. The molecule has 0 bridgehead atoms. The van der Waals surface area contributed by atoms with Crippen molar-refractivity contribution < 1.29 is 13.5 Å². The average molecular weight is 278 g/mol. The minimum Gasteiger partial charge on any atom is -0.396 e. The number of unbranched alkanes of at least 4 members (excludes halogenated alkanes) is 2. The minimum absolute atomic E-state index is 0.143. The van der Waals surface area contributed by atoms with Crippen molar-refractivity contribution in [2.24, 2.45) is 0 Å². The Hall–Kier alpha value is -0.620. The van der Waals surface area contributed by atoms with Gasteiger partial charge in [0.1, 0.15) is 0 Å². The van der Waals surface area contributed by atoms with Gasteiger partial charge in [-0.1, -0.05) is 11.6 Å². The fourth-order valence-corrected chi connectivity index (χ4v) is 2.52. The van der Waals surface area contributed by atoms with Crippen molar-refractivity contribution in [1.29, 1.82) is 0 Å². The van der Waals surface area contributed by atoms with E-state index in [0.717, 1.165) is 6.42 Å². The monoisotopic (exact) mass is 277 g/mol. The number of aliphatic hydroxyl groups excluding tert-OH is 1. The smallest absolute Gasteiger partial charge is 0.240 e. The van der Waals surface area contributed by atoms with Gasteiger partial charge in [-0.15, -0.1) is 0 Å². The molecule has 2 N–H and O–H groups in total. The van der Waals surface area contributed by atoms with E-state index in [1.165, 1.54) is 12.1 Å². The Morgan fingerprint density at radius 1 is 1.12 bits per heavy atom. The molecule has 1 aromatic carbocycles. The molecule has 0 saturated heterocycles. The van der Waals surface area contributed by atoms with Crippen LogP contribution in [0.2, 0.25) is 5.02 Å². The molecule has 0 aromatic heterocycles. The van der Waals surface area contributed by atoms with Gasteiger partial charge in [0.15, 0.2) is 0 Å². The zero-order valence-electron chi connectivity index (χ0n) is 9.39. The predicted molar refractivity (Wildman–Crippen MR) is 67.6 cm³/mol. The van der Waals surface area contributed by atoms with Crippen molar-refractivity contribution in [1.82, 2.24) is 4.72 Å². The first-order valence-electron chi connectivity index (χ1n) is 5.42. The first kappa shape index (κ1) is 14.4. The van der Waals surface area contributed by atoms with Crippen LogP contribution in [0.15, 0.2) is 29.2 Å². The van der Waals surface area contributed by atoms with E-state index in [2.05, 4.69) is 4.72 Å². The van der Waals surface area contributed by atoms with Crippen LogP contribution < -0.4 is 4.72 Å². The zero-order valence-corrected chi connectivity index (χ0v) is 11.0. The Kier molecular flexibility index (Phi) is 5.91. The summed E-state index contributed by atoms with van der Waals surface area (Å²) in [5.74, 6) is 0. The summed E-state index contributed by atoms with van der Waals surface area (Å²) in [5, 5.41) is 9.08. The van der Waals surface area contributed by atoms with Crippen molar-refractivity contribution in [3.8, 4) is 0 Å². The lowest BCUT2D eigenvalue weighted by molar-refractivity contribution is 0.283. The first-order chi connectivity index (χ1) is 8.06. The number of rotatable bonds is 7. The number of nitrogens with one attached hydrogen (secondary N) is 1. The van der Waals surface area contributed by atoms with E-state index in [4.69, 9.17) is 16.7 Å². The number of aliphatic hydroxyl groups is 1. The maximum Gasteiger partial charge on any atom is 0.240 e. The third-order valence-electron chi connectivity index (χ3n) is 2.25. The van der Waals surface area contributed by atoms with Crippen LogP contribution in [0.1, 0.15) is 19.3 Å². The van der Waals surface area contributed by atoms with E-state index in [0.29, 0.717) is 24.4 Å². The topological polar surface area (TPSA) is 66.4 Å². The molecule has 0 unspecified atom stereocenters. The molecule has 1 rings (SSSR count). The second kappa shape index (κ2) is 6.96. The van der Waals surface area contributed by atoms with Crippen LogP contribution in [-0.4, -0.2) is 26.7 Å². The summed E-state index contributed by atoms with van der Waals surface area (Å²) in [6.07, 6.45) is 2.22. The van der Waals surface area contributed by atoms with Crippen LogP contribution in [0.3, 0.4) is 0 Å². The fraction of sp³-hybridized carbons (Fsp3) is 0.455. The van der Waals surface area contributed by atoms with Gasteiger partial charge in [0.25, 0.3) is 0 Å².